The number of carbonyl (C=O) groups excluding carboxylic acids is 1. The van der Waals surface area contributed by atoms with E-state index in [0.29, 0.717) is 48.6 Å². The van der Waals surface area contributed by atoms with E-state index >= 15 is 0 Å². The van der Waals surface area contributed by atoms with Gasteiger partial charge >= 0.3 is 12.3 Å². The highest BCUT2D eigenvalue weighted by atomic mass is 19.4. The van der Waals surface area contributed by atoms with Crippen molar-refractivity contribution in [1.29, 1.82) is 0 Å². The van der Waals surface area contributed by atoms with Gasteiger partial charge in [0.15, 0.2) is 0 Å². The molecule has 1 fully saturated rings. The van der Waals surface area contributed by atoms with Gasteiger partial charge in [0.2, 0.25) is 0 Å². The van der Waals surface area contributed by atoms with Crippen LogP contribution in [0.5, 0.6) is 5.75 Å². The molecule has 32 heavy (non-hydrogen) atoms. The van der Waals surface area contributed by atoms with Gasteiger partial charge in [-0.15, -0.1) is 5.06 Å². The van der Waals surface area contributed by atoms with Gasteiger partial charge in [0, 0.05) is 24.8 Å². The Hall–Kier alpha value is -3.24. The van der Waals surface area contributed by atoms with Gasteiger partial charge in [-0.1, -0.05) is 18.2 Å². The second kappa shape index (κ2) is 8.71. The Morgan fingerprint density at radius 2 is 1.88 bits per heavy atom. The number of nitrogens with one attached hydrogen (secondary N) is 2. The number of hydrogen-bond acceptors (Lipinski definition) is 6. The third-order valence-electron chi connectivity index (χ3n) is 5.39. The van der Waals surface area contributed by atoms with Gasteiger partial charge in [-0.05, 0) is 48.7 Å². The second-order valence-corrected chi connectivity index (χ2v) is 7.57. The summed E-state index contributed by atoms with van der Waals surface area (Å²) in [6.45, 7) is 0.869. The average Bonchev–Trinajstić information content (AvgIpc) is 3.19. The van der Waals surface area contributed by atoms with Crippen LogP contribution in [0.3, 0.4) is 0 Å². The van der Waals surface area contributed by atoms with Crippen molar-refractivity contribution in [2.75, 3.05) is 25.5 Å². The Kier molecular flexibility index (Phi) is 5.98. The molecule has 2 aliphatic rings. The van der Waals surface area contributed by atoms with Gasteiger partial charge in [0.1, 0.15) is 11.4 Å². The minimum Gasteiger partial charge on any atom is -0.497 e. The van der Waals surface area contributed by atoms with E-state index in [1.165, 1.54) is 12.1 Å². The Balaban J connectivity index is 1.32. The SMILES string of the molecule is COc1cccc(NC(=O)ON2CCC3(C=C(c4ccc(C(F)(F)F)cc4)NO3)CC2)c1. The van der Waals surface area contributed by atoms with Crippen LogP contribution in [-0.4, -0.2) is 37.0 Å². The van der Waals surface area contributed by atoms with Crippen molar-refractivity contribution >= 4 is 17.5 Å². The highest BCUT2D eigenvalue weighted by Gasteiger charge is 2.40. The van der Waals surface area contributed by atoms with Crippen LogP contribution in [0.2, 0.25) is 0 Å². The average molecular weight is 449 g/mol. The zero-order valence-corrected chi connectivity index (χ0v) is 17.2. The number of piperidine rings is 1. The molecule has 1 spiro atoms. The number of hydrogen-bond donors (Lipinski definition) is 2. The van der Waals surface area contributed by atoms with Crippen LogP contribution in [0, 0.1) is 0 Å². The molecule has 10 heteroatoms. The number of anilines is 1. The van der Waals surface area contributed by atoms with Crippen molar-refractivity contribution in [2.24, 2.45) is 0 Å². The molecule has 4 rings (SSSR count). The summed E-state index contributed by atoms with van der Waals surface area (Å²) in [5.74, 6) is 0.615. The molecule has 170 valence electrons. The van der Waals surface area contributed by atoms with Gasteiger partial charge in [-0.3, -0.25) is 15.6 Å². The first-order chi connectivity index (χ1) is 15.3. The van der Waals surface area contributed by atoms with Crippen molar-refractivity contribution in [1.82, 2.24) is 10.5 Å². The fraction of sp³-hybridized carbons (Fsp3) is 0.318. The molecule has 2 aromatic rings. The smallest absolute Gasteiger partial charge is 0.430 e. The standard InChI is InChI=1S/C22H22F3N3O4/c1-30-18-4-2-3-17(13-18)26-20(29)31-28-11-9-21(10-12-28)14-19(27-32-21)15-5-7-16(8-6-15)22(23,24)25/h2-8,13-14,27H,9-12H2,1H3,(H,26,29). The van der Waals surface area contributed by atoms with E-state index in [-0.39, 0.29) is 0 Å². The molecule has 0 atom stereocenters. The molecule has 0 unspecified atom stereocenters. The first kappa shape index (κ1) is 22.0. The molecular weight excluding hydrogens is 427 g/mol. The molecule has 0 saturated carbocycles. The summed E-state index contributed by atoms with van der Waals surface area (Å²) in [5, 5.41) is 4.20. The number of methoxy groups -OCH3 is 1. The molecule has 0 radical (unpaired) electrons. The number of alkyl halides is 3. The maximum absolute atomic E-state index is 12.8. The zero-order chi connectivity index (χ0) is 22.8. The monoisotopic (exact) mass is 449 g/mol. The zero-order valence-electron chi connectivity index (χ0n) is 17.2. The number of carbonyl (C=O) groups is 1. The van der Waals surface area contributed by atoms with E-state index in [9.17, 15) is 18.0 Å². The van der Waals surface area contributed by atoms with E-state index in [4.69, 9.17) is 14.4 Å². The molecule has 2 N–H and O–H groups in total. The van der Waals surface area contributed by atoms with Crippen molar-refractivity contribution in [2.45, 2.75) is 24.6 Å². The van der Waals surface area contributed by atoms with E-state index in [1.54, 1.807) is 36.4 Å². The van der Waals surface area contributed by atoms with Crippen molar-refractivity contribution in [3.63, 3.8) is 0 Å². The summed E-state index contributed by atoms with van der Waals surface area (Å²) in [4.78, 5) is 23.3. The van der Waals surface area contributed by atoms with Crippen LogP contribution in [0.25, 0.3) is 5.70 Å². The number of benzene rings is 2. The summed E-state index contributed by atoms with van der Waals surface area (Å²) >= 11 is 0. The van der Waals surface area contributed by atoms with Crippen LogP contribution in [0.15, 0.2) is 54.6 Å². The molecule has 0 aliphatic carbocycles. The minimum atomic E-state index is -4.38. The Morgan fingerprint density at radius 1 is 1.16 bits per heavy atom. The van der Waals surface area contributed by atoms with E-state index < -0.39 is 23.4 Å². The van der Waals surface area contributed by atoms with E-state index in [1.807, 2.05) is 6.08 Å². The lowest BCUT2D eigenvalue weighted by atomic mass is 9.91. The molecule has 7 nitrogen and oxygen atoms in total. The molecule has 2 aromatic carbocycles. The van der Waals surface area contributed by atoms with Gasteiger partial charge in [0.25, 0.3) is 0 Å². The van der Waals surface area contributed by atoms with Crippen molar-refractivity contribution in [3.8, 4) is 5.75 Å². The number of hydroxylamine groups is 3. The lowest BCUT2D eigenvalue weighted by molar-refractivity contribution is -0.153. The van der Waals surface area contributed by atoms with Crippen molar-refractivity contribution < 1.29 is 32.4 Å². The first-order valence-electron chi connectivity index (χ1n) is 9.99. The highest BCUT2D eigenvalue weighted by molar-refractivity contribution is 5.84. The quantitative estimate of drug-likeness (QED) is 0.712. The largest absolute Gasteiger partial charge is 0.497 e. The molecular formula is C22H22F3N3O4. The molecule has 1 saturated heterocycles. The van der Waals surface area contributed by atoms with Gasteiger partial charge < -0.3 is 9.57 Å². The molecule has 0 bridgehead atoms. The Morgan fingerprint density at radius 3 is 2.53 bits per heavy atom. The van der Waals surface area contributed by atoms with Crippen LogP contribution in [0.4, 0.5) is 23.7 Å². The number of rotatable bonds is 4. The summed E-state index contributed by atoms with van der Waals surface area (Å²) in [5.41, 5.74) is 3.28. The van der Waals surface area contributed by atoms with Crippen molar-refractivity contribution in [3.05, 3.63) is 65.7 Å². The number of halogens is 3. The van der Waals surface area contributed by atoms with Gasteiger partial charge in [0.05, 0.1) is 18.4 Å². The van der Waals surface area contributed by atoms with E-state index in [0.717, 1.165) is 12.1 Å². The minimum absolute atomic E-state index is 0.435. The van der Waals surface area contributed by atoms with E-state index in [2.05, 4.69) is 10.8 Å². The summed E-state index contributed by atoms with van der Waals surface area (Å²) < 4.78 is 43.4. The lowest BCUT2D eigenvalue weighted by Gasteiger charge is -2.35. The number of amides is 1. The molecule has 2 aliphatic heterocycles. The molecule has 2 heterocycles. The third kappa shape index (κ3) is 4.97. The second-order valence-electron chi connectivity index (χ2n) is 7.57. The predicted octanol–water partition coefficient (Wildman–Crippen LogP) is 4.59. The summed E-state index contributed by atoms with van der Waals surface area (Å²) in [6, 6.07) is 11.8. The molecule has 0 aromatic heterocycles. The highest BCUT2D eigenvalue weighted by Crippen LogP contribution is 2.36. The number of nitrogens with zero attached hydrogens (tertiary/aromatic N) is 1. The Bertz CT molecular complexity index is 1000. The molecule has 1 amide bonds. The third-order valence-corrected chi connectivity index (χ3v) is 5.39. The predicted molar refractivity (Wildman–Crippen MR) is 110 cm³/mol. The van der Waals surface area contributed by atoms with Crippen LogP contribution in [0.1, 0.15) is 24.0 Å². The summed E-state index contributed by atoms with van der Waals surface area (Å²) in [6.07, 6.45) is -2.03. The Labute approximate surface area is 182 Å². The lowest BCUT2D eigenvalue weighted by Crippen LogP contribution is -2.45. The topological polar surface area (TPSA) is 72.1 Å². The van der Waals surface area contributed by atoms with Gasteiger partial charge in [-0.25, -0.2) is 4.79 Å². The van der Waals surface area contributed by atoms with Crippen LogP contribution < -0.4 is 15.5 Å². The normalized spacial score (nSPS) is 18.1. The van der Waals surface area contributed by atoms with Crippen LogP contribution in [-0.2, 0) is 15.9 Å². The fourth-order valence-electron chi connectivity index (χ4n) is 3.62. The fourth-order valence-corrected chi connectivity index (χ4v) is 3.62. The van der Waals surface area contributed by atoms with Gasteiger partial charge in [-0.2, -0.15) is 13.2 Å². The first-order valence-corrected chi connectivity index (χ1v) is 9.99. The van der Waals surface area contributed by atoms with Crippen LogP contribution >= 0.6 is 0 Å². The maximum Gasteiger partial charge on any atom is 0.430 e. The summed E-state index contributed by atoms with van der Waals surface area (Å²) in [7, 11) is 1.54. The maximum atomic E-state index is 12.8. The number of ether oxygens (including phenoxy) is 1.